The van der Waals surface area contributed by atoms with Crippen LogP contribution in [0, 0.1) is 11.8 Å². The van der Waals surface area contributed by atoms with Crippen LogP contribution < -0.4 is 5.32 Å². The number of hydrogen-bond donors (Lipinski definition) is 1. The van der Waals surface area contributed by atoms with Crippen molar-refractivity contribution in [2.75, 3.05) is 19.6 Å². The third-order valence-corrected chi connectivity index (χ3v) is 4.68. The molecule has 2 atom stereocenters. The van der Waals surface area contributed by atoms with Gasteiger partial charge in [0.05, 0.1) is 0 Å². The highest BCUT2D eigenvalue weighted by molar-refractivity contribution is 4.87. The lowest BCUT2D eigenvalue weighted by molar-refractivity contribution is 0.0757. The number of rotatable bonds is 5. The van der Waals surface area contributed by atoms with Gasteiger partial charge in [0.2, 0.25) is 0 Å². The molecule has 0 aromatic carbocycles. The van der Waals surface area contributed by atoms with Crippen LogP contribution in [-0.4, -0.2) is 36.6 Å². The second-order valence-electron chi connectivity index (χ2n) is 6.57. The first-order chi connectivity index (χ1) is 8.16. The first-order valence-electron chi connectivity index (χ1n) is 7.64. The molecular weight excluding hydrogens is 208 g/mol. The number of hydrogen-bond acceptors (Lipinski definition) is 2. The summed E-state index contributed by atoms with van der Waals surface area (Å²) in [7, 11) is 0. The van der Waals surface area contributed by atoms with Crippen LogP contribution in [0.15, 0.2) is 0 Å². The molecule has 0 radical (unpaired) electrons. The Labute approximate surface area is 107 Å². The van der Waals surface area contributed by atoms with E-state index in [0.29, 0.717) is 0 Å². The first-order valence-corrected chi connectivity index (χ1v) is 7.64. The maximum atomic E-state index is 3.74. The first kappa shape index (κ1) is 13.4. The number of likely N-dealkylation sites (tertiary alicyclic amines) is 1. The number of nitrogens with one attached hydrogen (secondary N) is 1. The molecule has 0 aromatic heterocycles. The molecule has 1 N–H and O–H groups in total. The van der Waals surface area contributed by atoms with E-state index in [9.17, 15) is 0 Å². The summed E-state index contributed by atoms with van der Waals surface area (Å²) in [5, 5.41) is 3.74. The summed E-state index contributed by atoms with van der Waals surface area (Å²) in [4.78, 5) is 2.74. The lowest BCUT2D eigenvalue weighted by Crippen LogP contribution is -2.52. The van der Waals surface area contributed by atoms with Gasteiger partial charge in [0.25, 0.3) is 0 Å². The zero-order valence-electron chi connectivity index (χ0n) is 11.9. The molecule has 2 rings (SSSR count). The van der Waals surface area contributed by atoms with Crippen molar-refractivity contribution in [3.05, 3.63) is 0 Å². The van der Waals surface area contributed by atoms with E-state index in [0.717, 1.165) is 23.9 Å². The number of piperidine rings is 1. The Balaban J connectivity index is 1.75. The average molecular weight is 238 g/mol. The molecule has 17 heavy (non-hydrogen) atoms. The van der Waals surface area contributed by atoms with Crippen molar-refractivity contribution < 1.29 is 0 Å². The van der Waals surface area contributed by atoms with Crippen molar-refractivity contribution in [3.8, 4) is 0 Å². The standard InChI is InChI=1S/C15H30N2/c1-12(2)10-16-15-8-5-9-17(11-15)13(3)14-6-4-7-14/h12-16H,4-11H2,1-3H3. The van der Waals surface area contributed by atoms with Crippen LogP contribution in [0.1, 0.15) is 52.9 Å². The molecule has 2 heteroatoms. The fourth-order valence-electron chi connectivity index (χ4n) is 3.17. The molecular formula is C15H30N2. The van der Waals surface area contributed by atoms with Gasteiger partial charge in [-0.05, 0) is 57.5 Å². The summed E-state index contributed by atoms with van der Waals surface area (Å²) >= 11 is 0. The zero-order chi connectivity index (χ0) is 12.3. The highest BCUT2D eigenvalue weighted by Crippen LogP contribution is 2.33. The van der Waals surface area contributed by atoms with E-state index in [4.69, 9.17) is 0 Å². The molecule has 2 aliphatic rings. The van der Waals surface area contributed by atoms with Crippen LogP contribution >= 0.6 is 0 Å². The maximum Gasteiger partial charge on any atom is 0.0195 e. The Morgan fingerprint density at radius 3 is 2.47 bits per heavy atom. The Kier molecular flexibility index (Phi) is 4.87. The fourth-order valence-corrected chi connectivity index (χ4v) is 3.17. The van der Waals surface area contributed by atoms with Crippen LogP contribution in [0.3, 0.4) is 0 Å². The van der Waals surface area contributed by atoms with E-state index in [1.165, 1.54) is 51.7 Å². The van der Waals surface area contributed by atoms with Gasteiger partial charge in [0, 0.05) is 18.6 Å². The predicted octanol–water partition coefficient (Wildman–Crippen LogP) is 2.89. The molecule has 2 nitrogen and oxygen atoms in total. The third kappa shape index (κ3) is 3.69. The summed E-state index contributed by atoms with van der Waals surface area (Å²) in [6.07, 6.45) is 7.18. The molecule has 0 aromatic rings. The minimum Gasteiger partial charge on any atom is -0.312 e. The SMILES string of the molecule is CC(C)CNC1CCCN(C(C)C2CCC2)C1. The summed E-state index contributed by atoms with van der Waals surface area (Å²) in [5.74, 6) is 1.77. The van der Waals surface area contributed by atoms with E-state index in [1.54, 1.807) is 0 Å². The van der Waals surface area contributed by atoms with Gasteiger partial charge in [-0.3, -0.25) is 4.90 Å². The van der Waals surface area contributed by atoms with Crippen molar-refractivity contribution in [1.29, 1.82) is 0 Å². The lowest BCUT2D eigenvalue weighted by atomic mass is 9.79. The molecule has 0 bridgehead atoms. The summed E-state index contributed by atoms with van der Waals surface area (Å²) in [6.45, 7) is 10.8. The fraction of sp³-hybridized carbons (Fsp3) is 1.00. The van der Waals surface area contributed by atoms with E-state index < -0.39 is 0 Å². The summed E-state index contributed by atoms with van der Waals surface area (Å²) in [6, 6.07) is 1.57. The van der Waals surface area contributed by atoms with Crippen molar-refractivity contribution in [1.82, 2.24) is 10.2 Å². The van der Waals surface area contributed by atoms with Gasteiger partial charge in [-0.2, -0.15) is 0 Å². The van der Waals surface area contributed by atoms with Crippen LogP contribution in [0.5, 0.6) is 0 Å². The van der Waals surface area contributed by atoms with Gasteiger partial charge in [-0.15, -0.1) is 0 Å². The minimum absolute atomic E-state index is 0.744. The van der Waals surface area contributed by atoms with Crippen molar-refractivity contribution in [2.45, 2.75) is 65.0 Å². The maximum absolute atomic E-state index is 3.74. The smallest absolute Gasteiger partial charge is 0.0195 e. The molecule has 1 aliphatic heterocycles. The lowest BCUT2D eigenvalue weighted by Gasteiger charge is -2.43. The highest BCUT2D eigenvalue weighted by atomic mass is 15.2. The Hall–Kier alpha value is -0.0800. The molecule has 2 fully saturated rings. The van der Waals surface area contributed by atoms with Crippen molar-refractivity contribution in [3.63, 3.8) is 0 Å². The quantitative estimate of drug-likeness (QED) is 0.792. The molecule has 1 saturated carbocycles. The second kappa shape index (κ2) is 6.19. The van der Waals surface area contributed by atoms with E-state index in [-0.39, 0.29) is 0 Å². The summed E-state index contributed by atoms with van der Waals surface area (Å²) in [5.41, 5.74) is 0. The van der Waals surface area contributed by atoms with Crippen LogP contribution in [0.2, 0.25) is 0 Å². The molecule has 1 aliphatic carbocycles. The topological polar surface area (TPSA) is 15.3 Å². The van der Waals surface area contributed by atoms with Gasteiger partial charge in [0.15, 0.2) is 0 Å². The largest absolute Gasteiger partial charge is 0.312 e. The van der Waals surface area contributed by atoms with Crippen LogP contribution in [0.4, 0.5) is 0 Å². The van der Waals surface area contributed by atoms with E-state index in [1.807, 2.05) is 0 Å². The highest BCUT2D eigenvalue weighted by Gasteiger charge is 2.31. The molecule has 2 unspecified atom stereocenters. The zero-order valence-corrected chi connectivity index (χ0v) is 11.9. The molecule has 100 valence electrons. The van der Waals surface area contributed by atoms with Crippen molar-refractivity contribution in [2.24, 2.45) is 11.8 Å². The van der Waals surface area contributed by atoms with Crippen LogP contribution in [0.25, 0.3) is 0 Å². The summed E-state index contributed by atoms with van der Waals surface area (Å²) < 4.78 is 0. The Morgan fingerprint density at radius 2 is 1.88 bits per heavy atom. The Bertz CT molecular complexity index is 223. The normalized spacial score (nSPS) is 29.3. The third-order valence-electron chi connectivity index (χ3n) is 4.68. The van der Waals surface area contributed by atoms with Gasteiger partial charge >= 0.3 is 0 Å². The van der Waals surface area contributed by atoms with Gasteiger partial charge in [-0.1, -0.05) is 20.3 Å². The predicted molar refractivity (Wildman–Crippen MR) is 74.2 cm³/mol. The molecule has 0 spiro atoms. The van der Waals surface area contributed by atoms with E-state index >= 15 is 0 Å². The monoisotopic (exact) mass is 238 g/mol. The number of nitrogens with zero attached hydrogens (tertiary/aromatic N) is 1. The molecule has 1 heterocycles. The van der Waals surface area contributed by atoms with Gasteiger partial charge in [-0.25, -0.2) is 0 Å². The van der Waals surface area contributed by atoms with Crippen LogP contribution in [-0.2, 0) is 0 Å². The van der Waals surface area contributed by atoms with Crippen molar-refractivity contribution >= 4 is 0 Å². The Morgan fingerprint density at radius 1 is 1.12 bits per heavy atom. The van der Waals surface area contributed by atoms with Gasteiger partial charge < -0.3 is 5.32 Å². The molecule has 0 amide bonds. The second-order valence-corrected chi connectivity index (χ2v) is 6.57. The van der Waals surface area contributed by atoms with Gasteiger partial charge in [0.1, 0.15) is 0 Å². The average Bonchev–Trinajstić information content (AvgIpc) is 2.24. The van der Waals surface area contributed by atoms with E-state index in [2.05, 4.69) is 31.0 Å². The minimum atomic E-state index is 0.744. The molecule has 1 saturated heterocycles.